The molecule has 114 valence electrons. The van der Waals surface area contributed by atoms with Crippen LogP contribution in [-0.2, 0) is 18.5 Å². The molecule has 0 saturated carbocycles. The van der Waals surface area contributed by atoms with Gasteiger partial charge >= 0.3 is 0 Å². The highest BCUT2D eigenvalue weighted by atomic mass is 15.0. The number of aromatic nitrogens is 2. The summed E-state index contributed by atoms with van der Waals surface area (Å²) in [6.45, 7) is 12.7. The molecule has 21 heavy (non-hydrogen) atoms. The fourth-order valence-corrected chi connectivity index (χ4v) is 2.21. The fraction of sp³-hybridized carbons (Fsp3) is 0.500. The van der Waals surface area contributed by atoms with Crippen LogP contribution in [0, 0.1) is 0 Å². The van der Waals surface area contributed by atoms with Crippen molar-refractivity contribution in [3.63, 3.8) is 0 Å². The second kappa shape index (κ2) is 6.44. The van der Waals surface area contributed by atoms with Gasteiger partial charge < -0.3 is 9.88 Å². The first-order chi connectivity index (χ1) is 9.84. The third-order valence-corrected chi connectivity index (χ3v) is 3.56. The van der Waals surface area contributed by atoms with Crippen molar-refractivity contribution in [2.24, 2.45) is 0 Å². The Balaban J connectivity index is 1.98. The van der Waals surface area contributed by atoms with Crippen molar-refractivity contribution < 1.29 is 0 Å². The van der Waals surface area contributed by atoms with Gasteiger partial charge in [0.25, 0.3) is 0 Å². The Morgan fingerprint density at radius 3 is 2.38 bits per heavy atom. The number of imidazole rings is 1. The number of hydrogen-bond acceptors (Lipinski definition) is 2. The molecule has 1 aromatic carbocycles. The van der Waals surface area contributed by atoms with E-state index in [1.165, 1.54) is 11.1 Å². The second-order valence-corrected chi connectivity index (χ2v) is 7.02. The molecule has 0 radical (unpaired) electrons. The molecule has 1 N–H and O–H groups in total. The summed E-state index contributed by atoms with van der Waals surface area (Å²) in [4.78, 5) is 4.44. The fourth-order valence-electron chi connectivity index (χ4n) is 2.21. The molecule has 1 aromatic heterocycles. The zero-order valence-corrected chi connectivity index (χ0v) is 13.9. The first kappa shape index (κ1) is 15.8. The molecule has 2 rings (SSSR count). The normalized spacial score (nSPS) is 12.1. The molecule has 1 heterocycles. The number of benzene rings is 1. The predicted octanol–water partition coefficient (Wildman–Crippen LogP) is 3.73. The molecule has 0 aliphatic rings. The summed E-state index contributed by atoms with van der Waals surface area (Å²) >= 11 is 0. The topological polar surface area (TPSA) is 29.9 Å². The largest absolute Gasteiger partial charge is 0.333 e. The van der Waals surface area contributed by atoms with Crippen LogP contribution in [0.15, 0.2) is 36.8 Å². The van der Waals surface area contributed by atoms with Crippen LogP contribution in [0.25, 0.3) is 0 Å². The Labute approximate surface area is 128 Å². The molecule has 3 nitrogen and oxygen atoms in total. The maximum absolute atomic E-state index is 4.44. The second-order valence-electron chi connectivity index (χ2n) is 7.02. The summed E-state index contributed by atoms with van der Waals surface area (Å²) in [5.41, 5.74) is 3.99. The maximum Gasteiger partial charge on any atom is 0.0953 e. The summed E-state index contributed by atoms with van der Waals surface area (Å²) in [6.07, 6.45) is 4.03. The van der Waals surface area contributed by atoms with Gasteiger partial charge in [-0.1, -0.05) is 58.9 Å². The third-order valence-electron chi connectivity index (χ3n) is 3.56. The van der Waals surface area contributed by atoms with Gasteiger partial charge in [-0.2, -0.15) is 0 Å². The molecule has 0 saturated heterocycles. The van der Waals surface area contributed by atoms with Gasteiger partial charge in [0, 0.05) is 25.3 Å². The highest BCUT2D eigenvalue weighted by Gasteiger charge is 2.12. The molecule has 0 aliphatic carbocycles. The van der Waals surface area contributed by atoms with Gasteiger partial charge in [0.15, 0.2) is 0 Å². The summed E-state index contributed by atoms with van der Waals surface area (Å²) in [5, 5.41) is 3.39. The van der Waals surface area contributed by atoms with Crippen molar-refractivity contribution in [1.29, 1.82) is 0 Å². The van der Waals surface area contributed by atoms with Crippen molar-refractivity contribution in [1.82, 2.24) is 14.9 Å². The quantitative estimate of drug-likeness (QED) is 0.907. The van der Waals surface area contributed by atoms with E-state index >= 15 is 0 Å². The van der Waals surface area contributed by atoms with Gasteiger partial charge in [-0.25, -0.2) is 4.98 Å². The molecular weight excluding hydrogens is 258 g/mol. The van der Waals surface area contributed by atoms with E-state index in [2.05, 4.69) is 79.9 Å². The average molecular weight is 285 g/mol. The average Bonchev–Trinajstić information content (AvgIpc) is 2.83. The van der Waals surface area contributed by atoms with Gasteiger partial charge in [-0.05, 0) is 16.5 Å². The predicted molar refractivity (Wildman–Crippen MR) is 88.4 cm³/mol. The van der Waals surface area contributed by atoms with Crippen molar-refractivity contribution >= 4 is 0 Å². The highest BCUT2D eigenvalue weighted by Crippen LogP contribution is 2.22. The highest BCUT2D eigenvalue weighted by molar-refractivity contribution is 5.27. The molecular formula is C18H27N3. The minimum Gasteiger partial charge on any atom is -0.333 e. The monoisotopic (exact) mass is 285 g/mol. The Hall–Kier alpha value is -1.61. The molecule has 0 aliphatic heterocycles. The Bertz CT molecular complexity index is 559. The number of nitrogens with one attached hydrogen (secondary N) is 1. The van der Waals surface area contributed by atoms with E-state index in [1.807, 2.05) is 6.33 Å². The van der Waals surface area contributed by atoms with Crippen LogP contribution in [0.2, 0.25) is 0 Å². The first-order valence-electron chi connectivity index (χ1n) is 7.68. The minimum absolute atomic E-state index is 0.212. The van der Waals surface area contributed by atoms with E-state index in [1.54, 1.807) is 0 Å². The Morgan fingerprint density at radius 2 is 1.81 bits per heavy atom. The van der Waals surface area contributed by atoms with E-state index in [0.29, 0.717) is 6.04 Å². The first-order valence-corrected chi connectivity index (χ1v) is 7.68. The summed E-state index contributed by atoms with van der Waals surface area (Å²) < 4.78 is 2.14. The van der Waals surface area contributed by atoms with E-state index < -0.39 is 0 Å². The van der Waals surface area contributed by atoms with E-state index in [9.17, 15) is 0 Å². The van der Waals surface area contributed by atoms with Crippen LogP contribution < -0.4 is 5.32 Å². The van der Waals surface area contributed by atoms with Crippen LogP contribution in [0.3, 0.4) is 0 Å². The lowest BCUT2D eigenvalue weighted by molar-refractivity contribution is 0.582. The minimum atomic E-state index is 0.212. The SMILES string of the molecule is CC(C)NCc1cn(Cc2ccc(C(C)(C)C)cc2)cn1. The van der Waals surface area contributed by atoms with Crippen LogP contribution in [-0.4, -0.2) is 15.6 Å². The number of hydrogen-bond donors (Lipinski definition) is 1. The van der Waals surface area contributed by atoms with Gasteiger partial charge in [0.05, 0.1) is 12.0 Å². The van der Waals surface area contributed by atoms with E-state index in [-0.39, 0.29) is 5.41 Å². The van der Waals surface area contributed by atoms with Crippen molar-refractivity contribution in [2.75, 3.05) is 0 Å². The number of rotatable bonds is 5. The lowest BCUT2D eigenvalue weighted by atomic mass is 9.87. The molecule has 0 spiro atoms. The zero-order chi connectivity index (χ0) is 15.5. The van der Waals surface area contributed by atoms with Crippen molar-refractivity contribution in [3.8, 4) is 0 Å². The van der Waals surface area contributed by atoms with Gasteiger partial charge in [0.2, 0.25) is 0 Å². The van der Waals surface area contributed by atoms with E-state index in [4.69, 9.17) is 0 Å². The van der Waals surface area contributed by atoms with Gasteiger partial charge in [-0.15, -0.1) is 0 Å². The maximum atomic E-state index is 4.44. The molecule has 0 fully saturated rings. The molecule has 0 unspecified atom stereocenters. The number of nitrogens with zero attached hydrogens (tertiary/aromatic N) is 2. The Morgan fingerprint density at radius 1 is 1.14 bits per heavy atom. The molecule has 3 heteroatoms. The van der Waals surface area contributed by atoms with Crippen molar-refractivity contribution in [3.05, 3.63) is 53.6 Å². The summed E-state index contributed by atoms with van der Waals surface area (Å²) in [7, 11) is 0. The van der Waals surface area contributed by atoms with Crippen LogP contribution in [0.4, 0.5) is 0 Å². The van der Waals surface area contributed by atoms with Gasteiger partial charge in [-0.3, -0.25) is 0 Å². The van der Waals surface area contributed by atoms with Crippen LogP contribution >= 0.6 is 0 Å². The molecule has 0 amide bonds. The summed E-state index contributed by atoms with van der Waals surface area (Å²) in [6, 6.07) is 9.38. The standard InChI is InChI=1S/C18H27N3/c1-14(2)19-10-17-12-21(13-20-17)11-15-6-8-16(9-7-15)18(3,4)5/h6-9,12-14,19H,10-11H2,1-5H3. The van der Waals surface area contributed by atoms with Crippen LogP contribution in [0.1, 0.15) is 51.4 Å². The Kier molecular flexibility index (Phi) is 4.84. The molecule has 0 atom stereocenters. The van der Waals surface area contributed by atoms with E-state index in [0.717, 1.165) is 18.8 Å². The van der Waals surface area contributed by atoms with Crippen molar-refractivity contribution in [2.45, 2.75) is 59.2 Å². The lowest BCUT2D eigenvalue weighted by Crippen LogP contribution is -2.21. The molecule has 2 aromatic rings. The summed E-state index contributed by atoms with van der Waals surface area (Å²) in [5.74, 6) is 0. The molecule has 0 bridgehead atoms. The third kappa shape index (κ3) is 4.71. The van der Waals surface area contributed by atoms with Gasteiger partial charge in [0.1, 0.15) is 0 Å². The van der Waals surface area contributed by atoms with Crippen LogP contribution in [0.5, 0.6) is 0 Å². The lowest BCUT2D eigenvalue weighted by Gasteiger charge is -2.19. The smallest absolute Gasteiger partial charge is 0.0953 e. The zero-order valence-electron chi connectivity index (χ0n) is 13.9.